The van der Waals surface area contributed by atoms with Crippen molar-refractivity contribution in [1.82, 2.24) is 10.2 Å². The lowest BCUT2D eigenvalue weighted by molar-refractivity contribution is -0.141. The fourth-order valence-corrected chi connectivity index (χ4v) is 6.29. The Balaban J connectivity index is 1.76. The molecule has 2 aromatic carbocycles. The smallest absolute Gasteiger partial charge is 0.242 e. The molecule has 0 spiro atoms. The largest absolute Gasteiger partial charge is 0.352 e. The zero-order valence-corrected chi connectivity index (χ0v) is 25.5. The zero-order valence-electron chi connectivity index (χ0n) is 23.2. The second kappa shape index (κ2) is 13.9. The fraction of sp³-hybridized carbons (Fsp3) is 0.517. The molecule has 214 valence electrons. The fourth-order valence-electron chi connectivity index (χ4n) is 4.96. The van der Waals surface area contributed by atoms with Gasteiger partial charge in [0, 0.05) is 25.6 Å². The number of nitrogens with zero attached hydrogens (tertiary/aromatic N) is 2. The van der Waals surface area contributed by atoms with Gasteiger partial charge in [0.1, 0.15) is 6.04 Å². The summed E-state index contributed by atoms with van der Waals surface area (Å²) >= 11 is 12.3. The van der Waals surface area contributed by atoms with Crippen LogP contribution in [-0.2, 0) is 26.2 Å². The van der Waals surface area contributed by atoms with E-state index in [1.165, 1.54) is 17.0 Å². The van der Waals surface area contributed by atoms with Crippen molar-refractivity contribution >= 4 is 50.7 Å². The highest BCUT2D eigenvalue weighted by molar-refractivity contribution is 7.92. The number of rotatable bonds is 11. The maximum Gasteiger partial charge on any atom is 0.242 e. The van der Waals surface area contributed by atoms with E-state index >= 15 is 0 Å². The molecule has 1 atom stereocenters. The van der Waals surface area contributed by atoms with Crippen LogP contribution in [0.1, 0.15) is 68.6 Å². The van der Waals surface area contributed by atoms with E-state index in [1.54, 1.807) is 30.0 Å². The molecule has 10 heteroatoms. The number of hydrogen-bond donors (Lipinski definition) is 1. The summed E-state index contributed by atoms with van der Waals surface area (Å²) in [5.41, 5.74) is 3.15. The van der Waals surface area contributed by atoms with Crippen molar-refractivity contribution in [3.63, 3.8) is 0 Å². The highest BCUT2D eigenvalue weighted by Crippen LogP contribution is 2.26. The quantitative estimate of drug-likeness (QED) is 0.344. The van der Waals surface area contributed by atoms with Crippen molar-refractivity contribution in [2.75, 3.05) is 17.1 Å². The van der Waals surface area contributed by atoms with Crippen molar-refractivity contribution in [2.24, 2.45) is 0 Å². The van der Waals surface area contributed by atoms with E-state index in [0.29, 0.717) is 22.2 Å². The first-order valence-electron chi connectivity index (χ1n) is 13.5. The number of aryl methyl sites for hydroxylation is 2. The second-order valence-electron chi connectivity index (χ2n) is 10.5. The van der Waals surface area contributed by atoms with Crippen molar-refractivity contribution in [1.29, 1.82) is 0 Å². The third-order valence-electron chi connectivity index (χ3n) is 7.24. The van der Waals surface area contributed by atoms with Crippen LogP contribution < -0.4 is 9.62 Å². The molecule has 39 heavy (non-hydrogen) atoms. The van der Waals surface area contributed by atoms with Crippen LogP contribution in [0, 0.1) is 13.8 Å². The van der Waals surface area contributed by atoms with Gasteiger partial charge in [-0.25, -0.2) is 8.42 Å². The predicted octanol–water partition coefficient (Wildman–Crippen LogP) is 6.02. The maximum atomic E-state index is 13.5. The van der Waals surface area contributed by atoms with Crippen LogP contribution in [0.5, 0.6) is 0 Å². The molecule has 0 aliphatic heterocycles. The Morgan fingerprint density at radius 3 is 2.36 bits per heavy atom. The molecule has 0 heterocycles. The van der Waals surface area contributed by atoms with E-state index in [1.807, 2.05) is 32.0 Å². The number of benzene rings is 2. The molecule has 0 unspecified atom stereocenters. The van der Waals surface area contributed by atoms with E-state index in [4.69, 9.17) is 23.2 Å². The molecule has 1 aliphatic rings. The molecule has 0 radical (unpaired) electrons. The first kappa shape index (κ1) is 31.2. The zero-order chi connectivity index (χ0) is 28.7. The summed E-state index contributed by atoms with van der Waals surface area (Å²) in [6.45, 7) is 5.84. The standard InChI is InChI=1S/C29H39Cl2N3O4S/c1-20-12-13-21(2)27(17-20)34(39(4,37)38)16-8-11-28(35)33(19-23-14-15-25(30)26(31)18-23)22(3)29(36)32-24-9-6-5-7-10-24/h12-15,17-18,22,24H,5-11,16,19H2,1-4H3,(H,32,36)/t22-/m1/s1. The Morgan fingerprint density at radius 1 is 1.03 bits per heavy atom. The summed E-state index contributed by atoms with van der Waals surface area (Å²) in [6.07, 6.45) is 6.79. The summed E-state index contributed by atoms with van der Waals surface area (Å²) in [5.74, 6) is -0.426. The predicted molar refractivity (Wildman–Crippen MR) is 159 cm³/mol. The minimum Gasteiger partial charge on any atom is -0.352 e. The van der Waals surface area contributed by atoms with Gasteiger partial charge in [0.05, 0.1) is 22.0 Å². The lowest BCUT2D eigenvalue weighted by atomic mass is 9.95. The average molecular weight is 597 g/mol. The van der Waals surface area contributed by atoms with Gasteiger partial charge in [0.2, 0.25) is 21.8 Å². The molecule has 1 fully saturated rings. The molecular formula is C29H39Cl2N3O4S. The lowest BCUT2D eigenvalue weighted by Crippen LogP contribution is -2.50. The molecule has 2 amide bonds. The maximum absolute atomic E-state index is 13.5. The molecule has 7 nitrogen and oxygen atoms in total. The normalized spacial score (nSPS) is 15.0. The monoisotopic (exact) mass is 595 g/mol. The Hall–Kier alpha value is -2.29. The van der Waals surface area contributed by atoms with Gasteiger partial charge in [-0.1, -0.05) is 60.7 Å². The number of carbonyl (C=O) groups is 2. The van der Waals surface area contributed by atoms with Crippen LogP contribution in [0.4, 0.5) is 5.69 Å². The van der Waals surface area contributed by atoms with E-state index in [0.717, 1.165) is 42.4 Å². The van der Waals surface area contributed by atoms with Gasteiger partial charge in [-0.15, -0.1) is 0 Å². The van der Waals surface area contributed by atoms with Gasteiger partial charge < -0.3 is 10.2 Å². The number of amides is 2. The van der Waals surface area contributed by atoms with E-state index in [9.17, 15) is 18.0 Å². The highest BCUT2D eigenvalue weighted by Gasteiger charge is 2.28. The molecular weight excluding hydrogens is 557 g/mol. The Morgan fingerprint density at radius 2 is 1.72 bits per heavy atom. The Kier molecular flexibility index (Phi) is 11.1. The summed E-state index contributed by atoms with van der Waals surface area (Å²) in [7, 11) is -3.56. The molecule has 1 saturated carbocycles. The van der Waals surface area contributed by atoms with Crippen molar-refractivity contribution in [3.8, 4) is 0 Å². The topological polar surface area (TPSA) is 86.8 Å². The van der Waals surface area contributed by atoms with Gasteiger partial charge in [-0.05, 0) is 74.9 Å². The van der Waals surface area contributed by atoms with Crippen LogP contribution in [-0.4, -0.2) is 50.0 Å². The summed E-state index contributed by atoms with van der Waals surface area (Å²) in [5, 5.41) is 3.90. The van der Waals surface area contributed by atoms with Crippen LogP contribution in [0.3, 0.4) is 0 Å². The number of hydrogen-bond acceptors (Lipinski definition) is 4. The minimum atomic E-state index is -3.56. The molecule has 0 saturated heterocycles. The molecule has 2 aromatic rings. The SMILES string of the molecule is Cc1ccc(C)c(N(CCCC(=O)N(Cc2ccc(Cl)c(Cl)c2)[C@H](C)C(=O)NC2CCCCC2)S(C)(=O)=O)c1. The highest BCUT2D eigenvalue weighted by atomic mass is 35.5. The number of halogens is 2. The molecule has 3 rings (SSSR count). The van der Waals surface area contributed by atoms with Crippen molar-refractivity contribution < 1.29 is 18.0 Å². The van der Waals surface area contributed by atoms with Crippen molar-refractivity contribution in [2.45, 2.75) is 84.3 Å². The van der Waals surface area contributed by atoms with E-state index < -0.39 is 16.1 Å². The first-order chi connectivity index (χ1) is 18.4. The van der Waals surface area contributed by atoms with Crippen LogP contribution in [0.15, 0.2) is 36.4 Å². The van der Waals surface area contributed by atoms with Crippen LogP contribution in [0.2, 0.25) is 10.0 Å². The van der Waals surface area contributed by atoms with E-state index in [2.05, 4.69) is 5.32 Å². The minimum absolute atomic E-state index is 0.0826. The number of sulfonamides is 1. The summed E-state index contributed by atoms with van der Waals surface area (Å²) < 4.78 is 26.6. The first-order valence-corrected chi connectivity index (χ1v) is 16.1. The third-order valence-corrected chi connectivity index (χ3v) is 9.16. The van der Waals surface area contributed by atoms with Gasteiger partial charge in [-0.3, -0.25) is 13.9 Å². The summed E-state index contributed by atoms with van der Waals surface area (Å²) in [4.78, 5) is 28.3. The van der Waals surface area contributed by atoms with Gasteiger partial charge in [0.15, 0.2) is 0 Å². The van der Waals surface area contributed by atoms with Crippen LogP contribution in [0.25, 0.3) is 0 Å². The average Bonchev–Trinajstić information content (AvgIpc) is 2.88. The number of carbonyl (C=O) groups excluding carboxylic acids is 2. The number of anilines is 1. The van der Waals surface area contributed by atoms with Crippen molar-refractivity contribution in [3.05, 3.63) is 63.1 Å². The molecule has 1 aliphatic carbocycles. The molecule has 0 bridgehead atoms. The molecule has 0 aromatic heterocycles. The molecule has 1 N–H and O–H groups in total. The third kappa shape index (κ3) is 8.85. The van der Waals surface area contributed by atoms with E-state index in [-0.39, 0.29) is 37.4 Å². The Bertz CT molecular complexity index is 1280. The lowest BCUT2D eigenvalue weighted by Gasteiger charge is -2.31. The Labute approximate surface area is 242 Å². The van der Waals surface area contributed by atoms with Gasteiger partial charge in [-0.2, -0.15) is 0 Å². The summed E-state index contributed by atoms with van der Waals surface area (Å²) in [6, 6.07) is 10.2. The van der Waals surface area contributed by atoms with Crippen LogP contribution >= 0.6 is 23.2 Å². The van der Waals surface area contributed by atoms with Gasteiger partial charge in [0.25, 0.3) is 0 Å². The number of nitrogens with one attached hydrogen (secondary N) is 1. The second-order valence-corrected chi connectivity index (χ2v) is 13.2. The van der Waals surface area contributed by atoms with Gasteiger partial charge >= 0.3 is 0 Å².